The monoisotopic (exact) mass is 392 g/mol. The highest BCUT2D eigenvalue weighted by atomic mass is 79.9. The van der Waals surface area contributed by atoms with Gasteiger partial charge in [0.05, 0.1) is 12.0 Å². The van der Waals surface area contributed by atoms with Crippen LogP contribution in [0.4, 0.5) is 0 Å². The van der Waals surface area contributed by atoms with E-state index < -0.39 is 0 Å². The summed E-state index contributed by atoms with van der Waals surface area (Å²) in [5.41, 5.74) is 0.790. The predicted octanol–water partition coefficient (Wildman–Crippen LogP) is 4.44. The maximum atomic E-state index is 11.9. The van der Waals surface area contributed by atoms with Gasteiger partial charge in [-0.1, -0.05) is 48.0 Å². The van der Waals surface area contributed by atoms with E-state index in [1.54, 1.807) is 10.9 Å². The number of aromatic nitrogens is 2. The minimum atomic E-state index is 0.0322. The van der Waals surface area contributed by atoms with Gasteiger partial charge in [-0.3, -0.25) is 9.36 Å². The molecule has 0 saturated carbocycles. The van der Waals surface area contributed by atoms with Crippen LogP contribution in [0, 0.1) is 6.92 Å². The summed E-state index contributed by atoms with van der Waals surface area (Å²) in [6.45, 7) is 2.61. The lowest BCUT2D eigenvalue weighted by Gasteiger charge is -2.06. The first-order valence-electron chi connectivity index (χ1n) is 6.94. The van der Waals surface area contributed by atoms with Gasteiger partial charge in [0, 0.05) is 11.9 Å². The summed E-state index contributed by atoms with van der Waals surface area (Å²) in [5.74, 6) is 0. The molecule has 19 heavy (non-hydrogen) atoms. The van der Waals surface area contributed by atoms with Gasteiger partial charge >= 0.3 is 0 Å². The molecule has 1 rings (SSSR count). The third-order valence-corrected chi connectivity index (χ3v) is 4.66. The molecule has 1 aromatic heterocycles. The molecular formula is C14H22Br2N2O. The van der Waals surface area contributed by atoms with Crippen molar-refractivity contribution in [2.45, 2.75) is 58.4 Å². The molecule has 0 bridgehead atoms. The molecule has 0 N–H and O–H groups in total. The van der Waals surface area contributed by atoms with Gasteiger partial charge in [-0.05, 0) is 35.7 Å². The van der Waals surface area contributed by atoms with Gasteiger partial charge in [-0.15, -0.1) is 0 Å². The van der Waals surface area contributed by atoms with Crippen molar-refractivity contribution >= 4 is 31.9 Å². The molecule has 0 spiro atoms. The van der Waals surface area contributed by atoms with Crippen LogP contribution in [0.2, 0.25) is 0 Å². The van der Waals surface area contributed by atoms with Gasteiger partial charge in [-0.25, -0.2) is 4.98 Å². The van der Waals surface area contributed by atoms with Crippen LogP contribution < -0.4 is 5.56 Å². The van der Waals surface area contributed by atoms with Gasteiger partial charge in [0.1, 0.15) is 4.47 Å². The van der Waals surface area contributed by atoms with E-state index in [4.69, 9.17) is 0 Å². The molecule has 0 atom stereocenters. The number of unbranched alkanes of at least 4 members (excludes halogenated alkanes) is 6. The second kappa shape index (κ2) is 9.70. The zero-order chi connectivity index (χ0) is 14.1. The minimum absolute atomic E-state index is 0.0322. The molecule has 0 aliphatic rings. The highest BCUT2D eigenvalue weighted by Crippen LogP contribution is 2.09. The molecule has 3 nitrogen and oxygen atoms in total. The van der Waals surface area contributed by atoms with Crippen LogP contribution in [0.3, 0.4) is 0 Å². The van der Waals surface area contributed by atoms with Crippen LogP contribution in [-0.2, 0) is 6.54 Å². The minimum Gasteiger partial charge on any atom is -0.298 e. The average Bonchev–Trinajstić information content (AvgIpc) is 2.41. The van der Waals surface area contributed by atoms with Crippen LogP contribution in [0.1, 0.15) is 50.6 Å². The molecule has 1 aromatic rings. The van der Waals surface area contributed by atoms with Crippen molar-refractivity contribution in [3.8, 4) is 0 Å². The first-order chi connectivity index (χ1) is 9.16. The molecule has 0 saturated heterocycles. The highest BCUT2D eigenvalue weighted by Gasteiger charge is 2.04. The SMILES string of the molecule is Cc1ncn(CCCCCCCCCBr)c(=O)c1Br. The van der Waals surface area contributed by atoms with E-state index in [9.17, 15) is 4.79 Å². The van der Waals surface area contributed by atoms with E-state index in [0.29, 0.717) is 4.47 Å². The Kier molecular flexibility index (Phi) is 8.62. The summed E-state index contributed by atoms with van der Waals surface area (Å²) in [6.07, 6.45) is 10.4. The van der Waals surface area contributed by atoms with Gasteiger partial charge in [0.15, 0.2) is 0 Å². The number of nitrogens with zero attached hydrogens (tertiary/aromatic N) is 2. The largest absolute Gasteiger partial charge is 0.298 e. The fourth-order valence-electron chi connectivity index (χ4n) is 1.97. The van der Waals surface area contributed by atoms with Crippen LogP contribution >= 0.6 is 31.9 Å². The fourth-order valence-corrected chi connectivity index (χ4v) is 2.69. The van der Waals surface area contributed by atoms with Crippen molar-refractivity contribution in [1.29, 1.82) is 0 Å². The zero-order valence-corrected chi connectivity index (χ0v) is 14.7. The number of halogens is 2. The van der Waals surface area contributed by atoms with Gasteiger partial charge < -0.3 is 0 Å². The maximum Gasteiger partial charge on any atom is 0.267 e. The molecule has 1 heterocycles. The van der Waals surface area contributed by atoms with Crippen molar-refractivity contribution < 1.29 is 0 Å². The topological polar surface area (TPSA) is 34.9 Å². The average molecular weight is 394 g/mol. The first kappa shape index (κ1) is 16.9. The third kappa shape index (κ3) is 6.21. The second-order valence-electron chi connectivity index (χ2n) is 4.81. The van der Waals surface area contributed by atoms with E-state index in [1.165, 1.54) is 38.5 Å². The van der Waals surface area contributed by atoms with E-state index in [2.05, 4.69) is 36.8 Å². The van der Waals surface area contributed by atoms with Gasteiger partial charge in [0.2, 0.25) is 0 Å². The Hall–Kier alpha value is -0.160. The molecule has 0 unspecified atom stereocenters. The summed E-state index contributed by atoms with van der Waals surface area (Å²) in [4.78, 5) is 16.1. The Morgan fingerprint density at radius 2 is 1.68 bits per heavy atom. The summed E-state index contributed by atoms with van der Waals surface area (Å²) < 4.78 is 2.28. The van der Waals surface area contributed by atoms with Gasteiger partial charge in [-0.2, -0.15) is 0 Å². The second-order valence-corrected chi connectivity index (χ2v) is 6.39. The Balaban J connectivity index is 2.20. The molecule has 108 valence electrons. The fraction of sp³-hybridized carbons (Fsp3) is 0.714. The quantitative estimate of drug-likeness (QED) is 0.459. The molecule has 0 amide bonds. The summed E-state index contributed by atoms with van der Waals surface area (Å²) in [5, 5.41) is 1.12. The van der Waals surface area contributed by atoms with Crippen LogP contribution in [-0.4, -0.2) is 14.9 Å². The Morgan fingerprint density at radius 3 is 2.32 bits per heavy atom. The number of hydrogen-bond donors (Lipinski definition) is 0. The first-order valence-corrected chi connectivity index (χ1v) is 8.85. The molecule has 0 aromatic carbocycles. The molecule has 0 fully saturated rings. The standard InChI is InChI=1S/C14H22Br2N2O/c1-12-13(16)14(19)18(11-17-12)10-8-6-4-2-3-5-7-9-15/h11H,2-10H2,1H3. The van der Waals surface area contributed by atoms with E-state index in [0.717, 1.165) is 24.0 Å². The maximum absolute atomic E-state index is 11.9. The van der Waals surface area contributed by atoms with Crippen LogP contribution in [0.25, 0.3) is 0 Å². The Morgan fingerprint density at radius 1 is 1.11 bits per heavy atom. The van der Waals surface area contributed by atoms with Crippen molar-refractivity contribution in [3.05, 3.63) is 26.8 Å². The van der Waals surface area contributed by atoms with E-state index >= 15 is 0 Å². The predicted molar refractivity (Wildman–Crippen MR) is 87.0 cm³/mol. The lowest BCUT2D eigenvalue weighted by atomic mass is 10.1. The zero-order valence-electron chi connectivity index (χ0n) is 11.5. The summed E-state index contributed by atoms with van der Waals surface area (Å²) in [7, 11) is 0. The summed E-state index contributed by atoms with van der Waals surface area (Å²) >= 11 is 6.73. The third-order valence-electron chi connectivity index (χ3n) is 3.19. The normalized spacial score (nSPS) is 10.9. The smallest absolute Gasteiger partial charge is 0.267 e. The Labute approximate surface area is 132 Å². The van der Waals surface area contributed by atoms with Gasteiger partial charge in [0.25, 0.3) is 5.56 Å². The van der Waals surface area contributed by atoms with E-state index in [-0.39, 0.29) is 5.56 Å². The Bertz CT molecular complexity index is 432. The van der Waals surface area contributed by atoms with Crippen LogP contribution in [0.5, 0.6) is 0 Å². The summed E-state index contributed by atoms with van der Waals surface area (Å²) in [6, 6.07) is 0. The molecule has 0 radical (unpaired) electrons. The number of rotatable bonds is 9. The molecule has 0 aliphatic carbocycles. The number of hydrogen-bond acceptors (Lipinski definition) is 2. The number of alkyl halides is 1. The van der Waals surface area contributed by atoms with Crippen LogP contribution in [0.15, 0.2) is 15.6 Å². The van der Waals surface area contributed by atoms with Crippen molar-refractivity contribution in [3.63, 3.8) is 0 Å². The van der Waals surface area contributed by atoms with Crippen molar-refractivity contribution in [2.24, 2.45) is 0 Å². The van der Waals surface area contributed by atoms with Crippen molar-refractivity contribution in [2.75, 3.05) is 5.33 Å². The lowest BCUT2D eigenvalue weighted by Crippen LogP contribution is -2.22. The molecule has 5 heteroatoms. The molecule has 0 aliphatic heterocycles. The number of aryl methyl sites for hydroxylation is 2. The van der Waals surface area contributed by atoms with Crippen molar-refractivity contribution in [1.82, 2.24) is 9.55 Å². The van der Waals surface area contributed by atoms with E-state index in [1.807, 2.05) is 6.92 Å². The molecular weight excluding hydrogens is 372 g/mol. The lowest BCUT2D eigenvalue weighted by molar-refractivity contribution is 0.538. The highest BCUT2D eigenvalue weighted by molar-refractivity contribution is 9.10.